The van der Waals surface area contributed by atoms with Crippen LogP contribution in [0.2, 0.25) is 0 Å². The van der Waals surface area contributed by atoms with Crippen LogP contribution in [0.3, 0.4) is 0 Å². The van der Waals surface area contributed by atoms with E-state index in [9.17, 15) is 18.0 Å². The van der Waals surface area contributed by atoms with Gasteiger partial charge in [0, 0.05) is 0 Å². The van der Waals surface area contributed by atoms with Crippen molar-refractivity contribution in [2.24, 2.45) is 0 Å². The maximum atomic E-state index is 11.9. The Balaban J connectivity index is 2.72. The van der Waals surface area contributed by atoms with E-state index in [4.69, 9.17) is 5.11 Å². The molecular weight excluding hydrogens is 318 g/mol. The number of amides is 1. The lowest BCUT2D eigenvalue weighted by Gasteiger charge is -2.12. The van der Waals surface area contributed by atoms with Crippen LogP contribution >= 0.6 is 0 Å². The predicted molar refractivity (Wildman–Crippen MR) is 86.9 cm³/mol. The lowest BCUT2D eigenvalue weighted by atomic mass is 10.1. The molecule has 1 amide bonds. The van der Waals surface area contributed by atoms with Crippen molar-refractivity contribution in [2.45, 2.75) is 37.6 Å². The van der Waals surface area contributed by atoms with Gasteiger partial charge in [-0.2, -0.15) is 0 Å². The first-order valence-electron chi connectivity index (χ1n) is 7.25. The summed E-state index contributed by atoms with van der Waals surface area (Å²) in [7, 11) is -3.27. The van der Waals surface area contributed by atoms with Gasteiger partial charge in [-0.25, -0.2) is 13.2 Å². The number of aliphatic carboxylic acids is 1. The van der Waals surface area contributed by atoms with E-state index in [0.29, 0.717) is 5.56 Å². The number of carbonyl (C=O) groups is 2. The number of rotatable bonds is 8. The zero-order chi connectivity index (χ0) is 17.5. The van der Waals surface area contributed by atoms with Crippen LogP contribution in [0.4, 0.5) is 0 Å². The zero-order valence-electron chi connectivity index (χ0n) is 13.2. The third kappa shape index (κ3) is 5.86. The minimum absolute atomic E-state index is 0.00787. The first-order valence-corrected chi connectivity index (χ1v) is 8.90. The number of hydrogen-bond donors (Lipinski definition) is 2. The van der Waals surface area contributed by atoms with Crippen molar-refractivity contribution >= 4 is 21.7 Å². The highest BCUT2D eigenvalue weighted by atomic mass is 32.2. The molecule has 1 aromatic carbocycles. The predicted octanol–water partition coefficient (Wildman–Crippen LogP) is 1.56. The van der Waals surface area contributed by atoms with Crippen molar-refractivity contribution in [2.75, 3.05) is 5.75 Å². The van der Waals surface area contributed by atoms with Gasteiger partial charge in [0.2, 0.25) is 5.91 Å². The molecule has 0 spiro atoms. The van der Waals surface area contributed by atoms with E-state index < -0.39 is 27.8 Å². The summed E-state index contributed by atoms with van der Waals surface area (Å²) in [5.41, 5.74) is 0.618. The van der Waals surface area contributed by atoms with Crippen molar-refractivity contribution in [3.63, 3.8) is 0 Å². The first kappa shape index (κ1) is 18.9. The Labute approximate surface area is 136 Å². The highest BCUT2D eigenvalue weighted by Gasteiger charge is 2.18. The van der Waals surface area contributed by atoms with Crippen molar-refractivity contribution in [1.82, 2.24) is 5.32 Å². The lowest BCUT2D eigenvalue weighted by molar-refractivity contribution is -0.141. The molecule has 126 valence electrons. The van der Waals surface area contributed by atoms with Gasteiger partial charge in [0.05, 0.1) is 17.1 Å². The molecule has 1 rings (SSSR count). The highest BCUT2D eigenvalue weighted by molar-refractivity contribution is 7.91. The fourth-order valence-electron chi connectivity index (χ4n) is 1.91. The topological polar surface area (TPSA) is 101 Å². The van der Waals surface area contributed by atoms with Gasteiger partial charge in [0.1, 0.15) is 6.04 Å². The number of hydrogen-bond acceptors (Lipinski definition) is 4. The summed E-state index contributed by atoms with van der Waals surface area (Å²) < 4.78 is 23.4. The third-order valence-corrected chi connectivity index (χ3v) is 5.02. The normalized spacial score (nSPS) is 13.0. The maximum Gasteiger partial charge on any atom is 0.326 e. The fourth-order valence-corrected chi connectivity index (χ4v) is 2.79. The molecule has 1 atom stereocenters. The quantitative estimate of drug-likeness (QED) is 0.700. The van der Waals surface area contributed by atoms with Crippen LogP contribution in [0.25, 0.3) is 0 Å². The second-order valence-electron chi connectivity index (χ2n) is 4.99. The Morgan fingerprint density at radius 3 is 2.35 bits per heavy atom. The van der Waals surface area contributed by atoms with E-state index in [-0.39, 0.29) is 23.5 Å². The molecule has 0 radical (unpaired) electrons. The SMILES string of the molecule is C/C=C/CC(NC(=O)Cc1ccc(S(=O)(=O)CC)cc1)C(=O)O. The molecule has 1 unspecified atom stereocenters. The Kier molecular flexibility index (Phi) is 6.96. The van der Waals surface area contributed by atoms with Gasteiger partial charge in [-0.05, 0) is 31.0 Å². The minimum Gasteiger partial charge on any atom is -0.480 e. The number of carboxylic acid groups (broad SMARTS) is 1. The zero-order valence-corrected chi connectivity index (χ0v) is 14.0. The van der Waals surface area contributed by atoms with Gasteiger partial charge < -0.3 is 10.4 Å². The molecule has 0 heterocycles. The largest absolute Gasteiger partial charge is 0.480 e. The molecule has 0 aromatic heterocycles. The molecule has 0 fully saturated rings. The summed E-state index contributed by atoms with van der Waals surface area (Å²) in [4.78, 5) is 23.2. The van der Waals surface area contributed by atoms with Crippen LogP contribution in [-0.2, 0) is 25.8 Å². The Morgan fingerprint density at radius 1 is 1.26 bits per heavy atom. The molecule has 0 aliphatic rings. The standard InChI is InChI=1S/C16H21NO5S/c1-3-5-6-14(16(19)20)17-15(18)11-12-7-9-13(10-8-12)23(21,22)4-2/h3,5,7-10,14H,4,6,11H2,1-2H3,(H,17,18)(H,19,20)/b5-3+. The van der Waals surface area contributed by atoms with Crippen molar-refractivity contribution in [1.29, 1.82) is 0 Å². The summed E-state index contributed by atoms with van der Waals surface area (Å²) in [6.45, 7) is 3.33. The number of benzene rings is 1. The van der Waals surface area contributed by atoms with E-state index >= 15 is 0 Å². The van der Waals surface area contributed by atoms with Gasteiger partial charge in [0.15, 0.2) is 9.84 Å². The lowest BCUT2D eigenvalue weighted by Crippen LogP contribution is -2.41. The van der Waals surface area contributed by atoms with Crippen molar-refractivity contribution in [3.05, 3.63) is 42.0 Å². The number of carboxylic acids is 1. The first-order chi connectivity index (χ1) is 10.8. The summed E-state index contributed by atoms with van der Waals surface area (Å²) in [6, 6.07) is 5.05. The van der Waals surface area contributed by atoms with E-state index in [1.165, 1.54) is 12.1 Å². The maximum absolute atomic E-state index is 11.9. The molecular formula is C16H21NO5S. The minimum atomic E-state index is -3.27. The molecule has 2 N–H and O–H groups in total. The molecule has 6 nitrogen and oxygen atoms in total. The fraction of sp³-hybridized carbons (Fsp3) is 0.375. The summed E-state index contributed by atoms with van der Waals surface area (Å²) in [6.07, 6.45) is 3.59. The van der Waals surface area contributed by atoms with E-state index in [0.717, 1.165) is 0 Å². The van der Waals surface area contributed by atoms with E-state index in [1.54, 1.807) is 38.1 Å². The monoisotopic (exact) mass is 339 g/mol. The average molecular weight is 339 g/mol. The van der Waals surface area contributed by atoms with Gasteiger partial charge in [-0.15, -0.1) is 0 Å². The number of carbonyl (C=O) groups excluding carboxylic acids is 1. The molecule has 0 saturated heterocycles. The molecule has 1 aromatic rings. The number of allylic oxidation sites excluding steroid dienone is 1. The molecule has 0 bridgehead atoms. The molecule has 0 aliphatic carbocycles. The van der Waals surface area contributed by atoms with Crippen LogP contribution in [0.5, 0.6) is 0 Å². The van der Waals surface area contributed by atoms with Gasteiger partial charge in [-0.1, -0.05) is 31.2 Å². The molecule has 0 aliphatic heterocycles. The summed E-state index contributed by atoms with van der Waals surface area (Å²) >= 11 is 0. The van der Waals surface area contributed by atoms with Gasteiger partial charge in [0.25, 0.3) is 0 Å². The second-order valence-corrected chi connectivity index (χ2v) is 7.27. The van der Waals surface area contributed by atoms with Crippen LogP contribution in [0, 0.1) is 0 Å². The average Bonchev–Trinajstić information content (AvgIpc) is 2.51. The highest BCUT2D eigenvalue weighted by Crippen LogP contribution is 2.12. The summed E-state index contributed by atoms with van der Waals surface area (Å²) in [5, 5.41) is 11.5. The summed E-state index contributed by atoms with van der Waals surface area (Å²) in [5.74, 6) is -1.51. The van der Waals surface area contributed by atoms with Crippen LogP contribution < -0.4 is 5.32 Å². The number of nitrogens with one attached hydrogen (secondary N) is 1. The van der Waals surface area contributed by atoms with Crippen LogP contribution in [-0.4, -0.2) is 37.2 Å². The van der Waals surface area contributed by atoms with Gasteiger partial charge in [-0.3, -0.25) is 4.79 Å². The van der Waals surface area contributed by atoms with Crippen LogP contribution in [0.15, 0.2) is 41.3 Å². The molecule has 7 heteroatoms. The smallest absolute Gasteiger partial charge is 0.326 e. The van der Waals surface area contributed by atoms with Crippen molar-refractivity contribution < 1.29 is 23.1 Å². The molecule has 0 saturated carbocycles. The third-order valence-electron chi connectivity index (χ3n) is 3.27. The Morgan fingerprint density at radius 2 is 1.87 bits per heavy atom. The number of sulfone groups is 1. The van der Waals surface area contributed by atoms with E-state index in [1.807, 2.05) is 0 Å². The Hall–Kier alpha value is -2.15. The van der Waals surface area contributed by atoms with E-state index in [2.05, 4.69) is 5.32 Å². The van der Waals surface area contributed by atoms with Crippen LogP contribution in [0.1, 0.15) is 25.8 Å². The van der Waals surface area contributed by atoms with Gasteiger partial charge >= 0.3 is 5.97 Å². The Bertz CT molecular complexity index is 677. The molecule has 23 heavy (non-hydrogen) atoms. The second kappa shape index (κ2) is 8.47. The van der Waals surface area contributed by atoms with Crippen molar-refractivity contribution in [3.8, 4) is 0 Å².